The number of benzene rings is 1. The van der Waals surface area contributed by atoms with Crippen LogP contribution in [-0.4, -0.2) is 11.1 Å². The van der Waals surface area contributed by atoms with E-state index < -0.39 is 0 Å². The molecule has 1 aliphatic rings. The molecule has 0 amide bonds. The first-order valence-electron chi connectivity index (χ1n) is 6.94. The Morgan fingerprint density at radius 3 is 2.61 bits per heavy atom. The van der Waals surface area contributed by atoms with Crippen LogP contribution in [0.25, 0.3) is 10.9 Å². The lowest BCUT2D eigenvalue weighted by Gasteiger charge is -2.43. The summed E-state index contributed by atoms with van der Waals surface area (Å²) in [4.78, 5) is 0. The van der Waals surface area contributed by atoms with Crippen molar-refractivity contribution < 1.29 is 0 Å². The molecule has 0 bridgehead atoms. The van der Waals surface area contributed by atoms with Crippen molar-refractivity contribution in [3.63, 3.8) is 0 Å². The number of nitrogens with zero attached hydrogens (tertiary/aromatic N) is 1. The van der Waals surface area contributed by atoms with Crippen LogP contribution in [0.3, 0.4) is 0 Å². The van der Waals surface area contributed by atoms with Crippen molar-refractivity contribution in [3.05, 3.63) is 35.5 Å². The second-order valence-electron chi connectivity index (χ2n) is 5.71. The summed E-state index contributed by atoms with van der Waals surface area (Å²) in [5.41, 5.74) is 10.6. The number of aromatic nitrogens is 1. The van der Waals surface area contributed by atoms with Crippen molar-refractivity contribution in [1.29, 1.82) is 0 Å². The van der Waals surface area contributed by atoms with Gasteiger partial charge in [-0.1, -0.05) is 24.6 Å². The van der Waals surface area contributed by atoms with Crippen molar-refractivity contribution in [2.24, 2.45) is 12.8 Å². The number of aryl methyl sites for hydroxylation is 1. The summed E-state index contributed by atoms with van der Waals surface area (Å²) in [6, 6.07) is 8.77. The number of nitrogens with two attached hydrogens (primary N) is 1. The Morgan fingerprint density at radius 2 is 2.00 bits per heavy atom. The van der Waals surface area contributed by atoms with E-state index >= 15 is 0 Å². The van der Waals surface area contributed by atoms with Crippen LogP contribution in [0.2, 0.25) is 0 Å². The Hall–Kier alpha value is -1.28. The number of para-hydroxylation sites is 1. The van der Waals surface area contributed by atoms with Gasteiger partial charge in [-0.15, -0.1) is 0 Å². The van der Waals surface area contributed by atoms with E-state index in [4.69, 9.17) is 5.73 Å². The first-order chi connectivity index (χ1) is 8.69. The molecule has 0 spiro atoms. The zero-order chi connectivity index (χ0) is 12.8. The number of hydrogen-bond donors (Lipinski definition) is 1. The van der Waals surface area contributed by atoms with Crippen LogP contribution < -0.4 is 5.73 Å². The van der Waals surface area contributed by atoms with Crippen LogP contribution >= 0.6 is 0 Å². The largest absolute Gasteiger partial charge is 0.348 e. The molecular formula is C16H22N2. The molecule has 0 radical (unpaired) electrons. The molecule has 2 N–H and O–H groups in total. The third-order valence-electron chi connectivity index (χ3n) is 4.86. The second kappa shape index (κ2) is 4.13. The number of hydrogen-bond acceptors (Lipinski definition) is 1. The summed E-state index contributed by atoms with van der Waals surface area (Å²) in [5.74, 6) is 0. The van der Waals surface area contributed by atoms with Crippen LogP contribution in [0.4, 0.5) is 0 Å². The average Bonchev–Trinajstić information content (AvgIpc) is 2.59. The summed E-state index contributed by atoms with van der Waals surface area (Å²) in [6.07, 6.45) is 5.09. The molecule has 1 aliphatic carbocycles. The topological polar surface area (TPSA) is 30.9 Å². The van der Waals surface area contributed by atoms with Gasteiger partial charge in [0.2, 0.25) is 0 Å². The maximum Gasteiger partial charge on any atom is 0.0482 e. The fourth-order valence-corrected chi connectivity index (χ4v) is 3.70. The van der Waals surface area contributed by atoms with Gasteiger partial charge < -0.3 is 10.3 Å². The van der Waals surface area contributed by atoms with Gasteiger partial charge in [0, 0.05) is 23.6 Å². The SMILES string of the molecule is Cc1c(C2(CCN)CCC2)c2ccccc2n1C. The Bertz CT molecular complexity index is 576. The molecule has 1 aromatic carbocycles. The predicted molar refractivity (Wildman–Crippen MR) is 76.9 cm³/mol. The summed E-state index contributed by atoms with van der Waals surface area (Å²) in [7, 11) is 2.18. The van der Waals surface area contributed by atoms with Crippen molar-refractivity contribution in [2.45, 2.75) is 38.0 Å². The van der Waals surface area contributed by atoms with Crippen LogP contribution in [0, 0.1) is 6.92 Å². The van der Waals surface area contributed by atoms with Gasteiger partial charge in [0.25, 0.3) is 0 Å². The molecule has 0 unspecified atom stereocenters. The van der Waals surface area contributed by atoms with Gasteiger partial charge >= 0.3 is 0 Å². The third kappa shape index (κ3) is 1.45. The van der Waals surface area contributed by atoms with Crippen LogP contribution in [0.1, 0.15) is 36.9 Å². The fraction of sp³-hybridized carbons (Fsp3) is 0.500. The van der Waals surface area contributed by atoms with Crippen LogP contribution in [0.15, 0.2) is 24.3 Å². The highest BCUT2D eigenvalue weighted by molar-refractivity contribution is 5.86. The van der Waals surface area contributed by atoms with Crippen LogP contribution in [0.5, 0.6) is 0 Å². The van der Waals surface area contributed by atoms with E-state index in [-0.39, 0.29) is 0 Å². The molecule has 1 heterocycles. The van der Waals surface area contributed by atoms with Gasteiger partial charge in [0.15, 0.2) is 0 Å². The highest BCUT2D eigenvalue weighted by atomic mass is 14.9. The molecule has 0 saturated heterocycles. The smallest absolute Gasteiger partial charge is 0.0482 e. The Balaban J connectivity index is 2.25. The number of rotatable bonds is 3. The first-order valence-corrected chi connectivity index (χ1v) is 6.94. The van der Waals surface area contributed by atoms with E-state index in [1.165, 1.54) is 35.9 Å². The monoisotopic (exact) mass is 242 g/mol. The highest BCUT2D eigenvalue weighted by Crippen LogP contribution is 2.50. The minimum absolute atomic E-state index is 0.361. The van der Waals surface area contributed by atoms with E-state index in [0.717, 1.165) is 13.0 Å². The highest BCUT2D eigenvalue weighted by Gasteiger charge is 2.41. The van der Waals surface area contributed by atoms with Gasteiger partial charge in [0.05, 0.1) is 0 Å². The molecule has 1 aromatic heterocycles. The fourth-order valence-electron chi connectivity index (χ4n) is 3.70. The van der Waals surface area contributed by atoms with E-state index in [2.05, 4.69) is 42.8 Å². The van der Waals surface area contributed by atoms with E-state index in [9.17, 15) is 0 Å². The minimum atomic E-state index is 0.361. The van der Waals surface area contributed by atoms with Gasteiger partial charge in [0.1, 0.15) is 0 Å². The Morgan fingerprint density at radius 1 is 1.28 bits per heavy atom. The molecule has 0 atom stereocenters. The van der Waals surface area contributed by atoms with Gasteiger partial charge in [-0.2, -0.15) is 0 Å². The number of fused-ring (bicyclic) bond motifs is 1. The van der Waals surface area contributed by atoms with Crippen LogP contribution in [-0.2, 0) is 12.5 Å². The van der Waals surface area contributed by atoms with E-state index in [0.29, 0.717) is 5.41 Å². The third-order valence-corrected chi connectivity index (χ3v) is 4.86. The zero-order valence-electron chi connectivity index (χ0n) is 11.4. The van der Waals surface area contributed by atoms with Gasteiger partial charge in [-0.3, -0.25) is 0 Å². The standard InChI is InChI=1S/C16H22N2/c1-12-15(16(10-11-17)8-5-9-16)13-6-3-4-7-14(13)18(12)2/h3-4,6-7H,5,8-11,17H2,1-2H3. The summed E-state index contributed by atoms with van der Waals surface area (Å²) >= 11 is 0. The molecule has 1 saturated carbocycles. The lowest BCUT2D eigenvalue weighted by Crippen LogP contribution is -2.37. The van der Waals surface area contributed by atoms with Crippen molar-refractivity contribution >= 4 is 10.9 Å². The first kappa shape index (κ1) is 11.8. The molecule has 2 nitrogen and oxygen atoms in total. The predicted octanol–water partition coefficient (Wildman–Crippen LogP) is 3.26. The molecular weight excluding hydrogens is 220 g/mol. The summed E-state index contributed by atoms with van der Waals surface area (Å²) in [6.45, 7) is 3.05. The molecule has 0 aliphatic heterocycles. The van der Waals surface area contributed by atoms with Crippen molar-refractivity contribution in [1.82, 2.24) is 4.57 Å². The molecule has 2 heteroatoms. The van der Waals surface area contributed by atoms with E-state index in [1.807, 2.05) is 0 Å². The van der Waals surface area contributed by atoms with E-state index in [1.54, 1.807) is 5.56 Å². The maximum absolute atomic E-state index is 5.86. The molecule has 96 valence electrons. The quantitative estimate of drug-likeness (QED) is 0.880. The minimum Gasteiger partial charge on any atom is -0.348 e. The van der Waals surface area contributed by atoms with Crippen molar-refractivity contribution in [2.75, 3.05) is 6.54 Å². The average molecular weight is 242 g/mol. The maximum atomic E-state index is 5.86. The summed E-state index contributed by atoms with van der Waals surface area (Å²) in [5, 5.41) is 1.44. The lowest BCUT2D eigenvalue weighted by molar-refractivity contribution is 0.230. The Labute approximate surface area is 109 Å². The Kier molecular flexibility index (Phi) is 2.70. The summed E-state index contributed by atoms with van der Waals surface area (Å²) < 4.78 is 2.33. The lowest BCUT2D eigenvalue weighted by atomic mass is 9.62. The molecule has 18 heavy (non-hydrogen) atoms. The second-order valence-corrected chi connectivity index (χ2v) is 5.71. The van der Waals surface area contributed by atoms with Gasteiger partial charge in [-0.25, -0.2) is 0 Å². The zero-order valence-corrected chi connectivity index (χ0v) is 11.4. The normalized spacial score (nSPS) is 17.9. The molecule has 3 rings (SSSR count). The molecule has 2 aromatic rings. The van der Waals surface area contributed by atoms with Crippen molar-refractivity contribution in [3.8, 4) is 0 Å². The van der Waals surface area contributed by atoms with Gasteiger partial charge in [-0.05, 0) is 49.8 Å². The molecule has 1 fully saturated rings.